The Balaban J connectivity index is 1.62. The summed E-state index contributed by atoms with van der Waals surface area (Å²) in [5.74, 6) is 0. The van der Waals surface area contributed by atoms with Crippen molar-refractivity contribution < 1.29 is 5.11 Å². The summed E-state index contributed by atoms with van der Waals surface area (Å²) in [7, 11) is 0. The molecule has 0 fully saturated rings. The second-order valence-corrected chi connectivity index (χ2v) is 7.42. The van der Waals surface area contributed by atoms with E-state index in [-0.39, 0.29) is 12.1 Å². The lowest BCUT2D eigenvalue weighted by Crippen LogP contribution is -2.44. The van der Waals surface area contributed by atoms with Gasteiger partial charge in [0.05, 0.1) is 6.10 Å². The fourth-order valence-corrected chi connectivity index (χ4v) is 3.53. The normalized spacial score (nSPS) is 14.4. The summed E-state index contributed by atoms with van der Waals surface area (Å²) in [5, 5.41) is 14.5. The van der Waals surface area contributed by atoms with Gasteiger partial charge in [0.25, 0.3) is 0 Å². The van der Waals surface area contributed by atoms with Crippen LogP contribution in [-0.2, 0) is 19.4 Å². The Hall–Kier alpha value is -2.46. The molecule has 3 nitrogen and oxygen atoms in total. The number of benzene rings is 3. The Kier molecular flexibility index (Phi) is 7.80. The first-order valence-electron chi connectivity index (χ1n) is 9.99. The van der Waals surface area contributed by atoms with Crippen LogP contribution in [0.4, 0.5) is 0 Å². The van der Waals surface area contributed by atoms with Crippen LogP contribution in [0.3, 0.4) is 0 Å². The summed E-state index contributed by atoms with van der Waals surface area (Å²) in [4.78, 5) is 0. The first-order valence-corrected chi connectivity index (χ1v) is 9.99. The third kappa shape index (κ3) is 6.61. The van der Waals surface area contributed by atoms with Crippen molar-refractivity contribution in [1.82, 2.24) is 5.32 Å². The molecule has 0 unspecified atom stereocenters. The molecule has 0 saturated heterocycles. The predicted octanol–water partition coefficient (Wildman–Crippen LogP) is 3.71. The van der Waals surface area contributed by atoms with E-state index in [4.69, 9.17) is 5.73 Å². The molecule has 0 aliphatic heterocycles. The number of hydrogen-bond donors (Lipinski definition) is 3. The summed E-state index contributed by atoms with van der Waals surface area (Å²) < 4.78 is 0. The molecular formula is C25H30N2O. The van der Waals surface area contributed by atoms with Gasteiger partial charge in [0.2, 0.25) is 0 Å². The van der Waals surface area contributed by atoms with Crippen molar-refractivity contribution in [2.45, 2.75) is 44.0 Å². The van der Waals surface area contributed by atoms with E-state index in [0.717, 1.165) is 19.4 Å². The zero-order valence-corrected chi connectivity index (χ0v) is 16.2. The van der Waals surface area contributed by atoms with Crippen LogP contribution < -0.4 is 11.1 Å². The Morgan fingerprint density at radius 1 is 0.679 bits per heavy atom. The van der Waals surface area contributed by atoms with E-state index >= 15 is 0 Å². The number of nitrogens with two attached hydrogens (primary N) is 1. The first kappa shape index (κ1) is 20.3. The lowest BCUT2D eigenvalue weighted by Gasteiger charge is -2.27. The zero-order chi connectivity index (χ0) is 19.6. The molecule has 3 aromatic carbocycles. The highest BCUT2D eigenvalue weighted by Crippen LogP contribution is 2.13. The summed E-state index contributed by atoms with van der Waals surface area (Å²) >= 11 is 0. The SMILES string of the molecule is N[C@H](Cc1ccccc1)C[C@@H](O)[C@@H](Cc1ccccc1)NCc1ccccc1. The summed E-state index contributed by atoms with van der Waals surface area (Å²) in [6.45, 7) is 0.726. The molecule has 3 atom stereocenters. The van der Waals surface area contributed by atoms with Crippen LogP contribution >= 0.6 is 0 Å². The minimum absolute atomic E-state index is 0.0515. The highest BCUT2D eigenvalue weighted by atomic mass is 16.3. The number of aliphatic hydroxyl groups excluding tert-OH is 1. The van der Waals surface area contributed by atoms with E-state index in [9.17, 15) is 5.11 Å². The fourth-order valence-electron chi connectivity index (χ4n) is 3.53. The van der Waals surface area contributed by atoms with Gasteiger partial charge in [0.1, 0.15) is 0 Å². The molecule has 28 heavy (non-hydrogen) atoms. The number of aliphatic hydroxyl groups is 1. The van der Waals surface area contributed by atoms with Crippen LogP contribution in [0.15, 0.2) is 91.0 Å². The smallest absolute Gasteiger partial charge is 0.0711 e. The summed E-state index contributed by atoms with van der Waals surface area (Å²) in [5.41, 5.74) is 9.99. The van der Waals surface area contributed by atoms with E-state index in [0.29, 0.717) is 6.42 Å². The Morgan fingerprint density at radius 3 is 1.68 bits per heavy atom. The van der Waals surface area contributed by atoms with E-state index in [1.807, 2.05) is 54.6 Å². The van der Waals surface area contributed by atoms with E-state index < -0.39 is 6.10 Å². The van der Waals surface area contributed by atoms with Crippen molar-refractivity contribution in [1.29, 1.82) is 0 Å². The van der Waals surface area contributed by atoms with Gasteiger partial charge in [-0.1, -0.05) is 91.0 Å². The molecule has 4 N–H and O–H groups in total. The van der Waals surface area contributed by atoms with Crippen molar-refractivity contribution in [3.63, 3.8) is 0 Å². The van der Waals surface area contributed by atoms with Gasteiger partial charge in [0.15, 0.2) is 0 Å². The fraction of sp³-hybridized carbons (Fsp3) is 0.280. The average molecular weight is 375 g/mol. The quantitative estimate of drug-likeness (QED) is 0.507. The maximum absolute atomic E-state index is 11.0. The van der Waals surface area contributed by atoms with Crippen molar-refractivity contribution in [3.8, 4) is 0 Å². The van der Waals surface area contributed by atoms with Crippen molar-refractivity contribution in [3.05, 3.63) is 108 Å². The standard InChI is InChI=1S/C25H30N2O/c26-23(16-20-10-4-1-5-11-20)18-25(28)24(17-21-12-6-2-7-13-21)27-19-22-14-8-3-9-15-22/h1-15,23-25,27-28H,16-19,26H2/t23-,24-,25-/m1/s1. The first-order chi connectivity index (χ1) is 13.7. The largest absolute Gasteiger partial charge is 0.391 e. The predicted molar refractivity (Wildman–Crippen MR) is 116 cm³/mol. The zero-order valence-electron chi connectivity index (χ0n) is 16.2. The van der Waals surface area contributed by atoms with Gasteiger partial charge in [-0.05, 0) is 36.0 Å². The third-order valence-electron chi connectivity index (χ3n) is 5.06. The van der Waals surface area contributed by atoms with Gasteiger partial charge in [0, 0.05) is 18.6 Å². The van der Waals surface area contributed by atoms with Gasteiger partial charge < -0.3 is 16.2 Å². The minimum Gasteiger partial charge on any atom is -0.391 e. The van der Waals surface area contributed by atoms with Crippen LogP contribution in [0.2, 0.25) is 0 Å². The topological polar surface area (TPSA) is 58.3 Å². The van der Waals surface area contributed by atoms with Crippen LogP contribution in [0.5, 0.6) is 0 Å². The van der Waals surface area contributed by atoms with Crippen LogP contribution in [0, 0.1) is 0 Å². The Morgan fingerprint density at radius 2 is 1.14 bits per heavy atom. The van der Waals surface area contributed by atoms with Gasteiger partial charge in [-0.3, -0.25) is 0 Å². The van der Waals surface area contributed by atoms with Crippen molar-refractivity contribution in [2.24, 2.45) is 5.73 Å². The second kappa shape index (κ2) is 10.8. The molecule has 0 aliphatic carbocycles. The van der Waals surface area contributed by atoms with E-state index in [1.165, 1.54) is 16.7 Å². The number of hydrogen-bond acceptors (Lipinski definition) is 3. The van der Waals surface area contributed by atoms with E-state index in [1.54, 1.807) is 0 Å². The van der Waals surface area contributed by atoms with Gasteiger partial charge in [-0.2, -0.15) is 0 Å². The second-order valence-electron chi connectivity index (χ2n) is 7.42. The van der Waals surface area contributed by atoms with Crippen molar-refractivity contribution >= 4 is 0 Å². The monoisotopic (exact) mass is 374 g/mol. The molecule has 0 heterocycles. The van der Waals surface area contributed by atoms with Gasteiger partial charge in [-0.15, -0.1) is 0 Å². The molecule has 3 aromatic rings. The van der Waals surface area contributed by atoms with Crippen LogP contribution in [-0.4, -0.2) is 23.3 Å². The molecule has 146 valence electrons. The highest BCUT2D eigenvalue weighted by molar-refractivity contribution is 5.18. The molecule has 0 spiro atoms. The molecule has 0 saturated carbocycles. The molecular weight excluding hydrogens is 344 g/mol. The third-order valence-corrected chi connectivity index (χ3v) is 5.06. The maximum atomic E-state index is 11.0. The summed E-state index contributed by atoms with van der Waals surface area (Å²) in [6, 6.07) is 30.7. The van der Waals surface area contributed by atoms with Gasteiger partial charge in [-0.25, -0.2) is 0 Å². The Labute approximate surface area is 168 Å². The minimum atomic E-state index is -0.511. The molecule has 0 radical (unpaired) electrons. The van der Waals surface area contributed by atoms with E-state index in [2.05, 4.69) is 41.7 Å². The van der Waals surface area contributed by atoms with Crippen molar-refractivity contribution in [2.75, 3.05) is 0 Å². The lowest BCUT2D eigenvalue weighted by atomic mass is 9.94. The lowest BCUT2D eigenvalue weighted by molar-refractivity contribution is 0.109. The molecule has 0 amide bonds. The maximum Gasteiger partial charge on any atom is 0.0711 e. The average Bonchev–Trinajstić information content (AvgIpc) is 2.73. The molecule has 0 aliphatic rings. The van der Waals surface area contributed by atoms with Crippen LogP contribution in [0.25, 0.3) is 0 Å². The van der Waals surface area contributed by atoms with Gasteiger partial charge >= 0.3 is 0 Å². The molecule has 0 bridgehead atoms. The number of rotatable bonds is 10. The Bertz CT molecular complexity index is 793. The molecule has 3 heteroatoms. The summed E-state index contributed by atoms with van der Waals surface area (Å²) in [6.07, 6.45) is 1.60. The molecule has 3 rings (SSSR count). The number of nitrogens with one attached hydrogen (secondary N) is 1. The highest BCUT2D eigenvalue weighted by Gasteiger charge is 2.22. The molecule has 0 aromatic heterocycles. The van der Waals surface area contributed by atoms with Crippen LogP contribution in [0.1, 0.15) is 23.1 Å².